The summed E-state index contributed by atoms with van der Waals surface area (Å²) >= 11 is 0. The Labute approximate surface area is 157 Å². The zero-order valence-electron chi connectivity index (χ0n) is 15.6. The minimum atomic E-state index is -0.405. The van der Waals surface area contributed by atoms with Gasteiger partial charge in [-0.2, -0.15) is 0 Å². The van der Waals surface area contributed by atoms with Crippen molar-refractivity contribution in [2.45, 2.75) is 45.4 Å². The van der Waals surface area contributed by atoms with Crippen LogP contribution in [0.4, 0.5) is 0 Å². The Morgan fingerprint density at radius 3 is 2.93 bits per heavy atom. The van der Waals surface area contributed by atoms with Crippen LogP contribution < -0.4 is 5.32 Å². The second kappa shape index (κ2) is 7.11. The molecule has 2 aromatic heterocycles. The number of furan rings is 1. The number of nitrogens with one attached hydrogen (secondary N) is 1. The van der Waals surface area contributed by atoms with Crippen molar-refractivity contribution in [3.63, 3.8) is 0 Å². The van der Waals surface area contributed by atoms with Gasteiger partial charge in [-0.25, -0.2) is 0 Å². The number of oxime groups is 1. The highest BCUT2D eigenvalue weighted by molar-refractivity contribution is 6.39. The van der Waals surface area contributed by atoms with Crippen LogP contribution in [0, 0.1) is 13.8 Å². The molecule has 0 bridgehead atoms. The molecule has 1 spiro atoms. The van der Waals surface area contributed by atoms with Gasteiger partial charge in [0.05, 0.1) is 30.7 Å². The summed E-state index contributed by atoms with van der Waals surface area (Å²) in [4.78, 5) is 28.8. The van der Waals surface area contributed by atoms with Crippen molar-refractivity contribution in [3.8, 4) is 0 Å². The van der Waals surface area contributed by atoms with Crippen molar-refractivity contribution in [1.29, 1.82) is 0 Å². The largest absolute Gasteiger partial charge is 0.465 e. The smallest absolute Gasteiger partial charge is 0.269 e. The summed E-state index contributed by atoms with van der Waals surface area (Å²) in [6.07, 6.45) is 4.71. The van der Waals surface area contributed by atoms with Crippen molar-refractivity contribution in [1.82, 2.24) is 20.2 Å². The predicted octanol–water partition coefficient (Wildman–Crippen LogP) is 1.72. The van der Waals surface area contributed by atoms with Gasteiger partial charge in [-0.3, -0.25) is 19.7 Å². The van der Waals surface area contributed by atoms with Crippen molar-refractivity contribution in [2.75, 3.05) is 13.1 Å². The first-order valence-corrected chi connectivity index (χ1v) is 9.10. The van der Waals surface area contributed by atoms with Crippen molar-refractivity contribution < 1.29 is 14.0 Å². The van der Waals surface area contributed by atoms with Gasteiger partial charge in [0.25, 0.3) is 5.91 Å². The van der Waals surface area contributed by atoms with E-state index in [-0.39, 0.29) is 5.91 Å². The summed E-state index contributed by atoms with van der Waals surface area (Å²) in [5, 5.41) is 6.90. The van der Waals surface area contributed by atoms with Gasteiger partial charge in [-0.05, 0) is 26.0 Å². The highest BCUT2D eigenvalue weighted by Crippen LogP contribution is 2.34. The number of carbonyl (C=O) groups is 1. The lowest BCUT2D eigenvalue weighted by Gasteiger charge is -2.21. The molecule has 1 saturated heterocycles. The summed E-state index contributed by atoms with van der Waals surface area (Å²) in [6.45, 7) is 6.50. The number of rotatable bonds is 5. The maximum atomic E-state index is 12.4. The quantitative estimate of drug-likeness (QED) is 0.863. The highest BCUT2D eigenvalue weighted by Gasteiger charge is 2.46. The van der Waals surface area contributed by atoms with Gasteiger partial charge in [-0.1, -0.05) is 5.16 Å². The molecule has 2 aromatic rings. The third-order valence-electron chi connectivity index (χ3n) is 4.94. The molecular formula is C19H23N5O3. The van der Waals surface area contributed by atoms with Gasteiger partial charge in [-0.15, -0.1) is 0 Å². The number of aryl methyl sites for hydroxylation is 2. The molecule has 1 N–H and O–H groups in total. The molecule has 1 fully saturated rings. The van der Waals surface area contributed by atoms with E-state index in [1.807, 2.05) is 26.0 Å². The fourth-order valence-corrected chi connectivity index (χ4v) is 3.50. The van der Waals surface area contributed by atoms with Crippen LogP contribution in [0.2, 0.25) is 0 Å². The topological polar surface area (TPSA) is 92.8 Å². The Morgan fingerprint density at radius 2 is 2.19 bits per heavy atom. The first-order valence-electron chi connectivity index (χ1n) is 9.10. The van der Waals surface area contributed by atoms with E-state index in [9.17, 15) is 4.79 Å². The van der Waals surface area contributed by atoms with Crippen LogP contribution in [0.5, 0.6) is 0 Å². The van der Waals surface area contributed by atoms with Crippen LogP contribution in [-0.4, -0.2) is 45.2 Å². The fourth-order valence-electron chi connectivity index (χ4n) is 3.50. The Hall–Kier alpha value is -2.74. The molecule has 1 amide bonds. The number of aromatic nitrogens is 2. The maximum absolute atomic E-state index is 12.4. The summed E-state index contributed by atoms with van der Waals surface area (Å²) in [5.74, 6) is 1.64. The lowest BCUT2D eigenvalue weighted by atomic mass is 9.96. The van der Waals surface area contributed by atoms with Crippen LogP contribution >= 0.6 is 0 Å². The Kier molecular flexibility index (Phi) is 4.65. The molecule has 2 aliphatic rings. The molecule has 4 rings (SSSR count). The van der Waals surface area contributed by atoms with Crippen molar-refractivity contribution >= 4 is 11.6 Å². The van der Waals surface area contributed by atoms with E-state index in [1.54, 1.807) is 12.4 Å². The lowest BCUT2D eigenvalue weighted by molar-refractivity contribution is -0.115. The van der Waals surface area contributed by atoms with Crippen molar-refractivity contribution in [3.05, 3.63) is 47.4 Å². The van der Waals surface area contributed by atoms with Crippen LogP contribution in [0.1, 0.15) is 35.7 Å². The molecular weight excluding hydrogens is 346 g/mol. The summed E-state index contributed by atoms with van der Waals surface area (Å²) in [5.41, 5.74) is 1.59. The molecule has 1 unspecified atom stereocenters. The molecule has 8 nitrogen and oxygen atoms in total. The molecule has 0 aliphatic carbocycles. The third-order valence-corrected chi connectivity index (χ3v) is 4.94. The average molecular weight is 369 g/mol. The van der Waals surface area contributed by atoms with Crippen LogP contribution in [0.3, 0.4) is 0 Å². The molecule has 0 radical (unpaired) electrons. The van der Waals surface area contributed by atoms with E-state index < -0.39 is 5.60 Å². The minimum absolute atomic E-state index is 0.214. The molecule has 0 saturated carbocycles. The Bertz CT molecular complexity index is 860. The molecule has 2 aliphatic heterocycles. The van der Waals surface area contributed by atoms with Gasteiger partial charge in [0, 0.05) is 32.1 Å². The van der Waals surface area contributed by atoms with E-state index in [0.717, 1.165) is 43.3 Å². The van der Waals surface area contributed by atoms with E-state index >= 15 is 0 Å². The van der Waals surface area contributed by atoms with Gasteiger partial charge >= 0.3 is 0 Å². The van der Waals surface area contributed by atoms with Crippen LogP contribution in [0.15, 0.2) is 34.1 Å². The second-order valence-corrected chi connectivity index (χ2v) is 7.29. The summed E-state index contributed by atoms with van der Waals surface area (Å²) in [7, 11) is 0. The molecule has 4 heterocycles. The third kappa shape index (κ3) is 4.00. The average Bonchev–Trinajstić information content (AvgIpc) is 3.36. The van der Waals surface area contributed by atoms with Crippen molar-refractivity contribution in [2.24, 2.45) is 5.16 Å². The SMILES string of the molecule is Cc1cnc(CNC(=O)C2=NOC3(CCN(Cc4ccc(C)o4)C3)C2)cn1. The molecule has 142 valence electrons. The fraction of sp³-hybridized carbons (Fsp3) is 0.474. The first kappa shape index (κ1) is 17.7. The van der Waals surface area contributed by atoms with Crippen LogP contribution in [0.25, 0.3) is 0 Å². The highest BCUT2D eigenvalue weighted by atomic mass is 16.7. The molecule has 8 heteroatoms. The number of likely N-dealkylation sites (tertiary alicyclic amines) is 1. The maximum Gasteiger partial charge on any atom is 0.269 e. The number of hydrogen-bond acceptors (Lipinski definition) is 7. The van der Waals surface area contributed by atoms with E-state index in [4.69, 9.17) is 9.25 Å². The zero-order chi connectivity index (χ0) is 18.9. The van der Waals surface area contributed by atoms with Crippen LogP contribution in [-0.2, 0) is 22.7 Å². The Morgan fingerprint density at radius 1 is 1.30 bits per heavy atom. The standard InChI is InChI=1S/C19H23N5O3/c1-13-8-21-15(9-20-13)10-22-18(25)17-7-19(27-23-17)5-6-24(12-19)11-16-4-3-14(2)26-16/h3-4,8-9H,5-7,10-12H2,1-2H3,(H,22,25). The monoisotopic (exact) mass is 369 g/mol. The van der Waals surface area contributed by atoms with Gasteiger partial charge in [0.15, 0.2) is 5.60 Å². The number of nitrogens with zero attached hydrogens (tertiary/aromatic N) is 4. The zero-order valence-corrected chi connectivity index (χ0v) is 15.6. The van der Waals surface area contributed by atoms with Gasteiger partial charge < -0.3 is 14.6 Å². The first-order chi connectivity index (χ1) is 13.0. The van der Waals surface area contributed by atoms with E-state index in [2.05, 4.69) is 25.3 Å². The lowest BCUT2D eigenvalue weighted by Crippen LogP contribution is -2.36. The van der Waals surface area contributed by atoms with Gasteiger partial charge in [0.2, 0.25) is 0 Å². The van der Waals surface area contributed by atoms with E-state index in [1.165, 1.54) is 0 Å². The minimum Gasteiger partial charge on any atom is -0.465 e. The summed E-state index contributed by atoms with van der Waals surface area (Å²) in [6, 6.07) is 3.97. The summed E-state index contributed by atoms with van der Waals surface area (Å²) < 4.78 is 5.65. The molecule has 1 atom stereocenters. The number of amides is 1. The molecule has 27 heavy (non-hydrogen) atoms. The normalized spacial score (nSPS) is 22.1. The predicted molar refractivity (Wildman–Crippen MR) is 97.8 cm³/mol. The molecule has 0 aromatic carbocycles. The van der Waals surface area contributed by atoms with Gasteiger partial charge in [0.1, 0.15) is 17.2 Å². The second-order valence-electron chi connectivity index (χ2n) is 7.29. The number of carbonyl (C=O) groups excluding carboxylic acids is 1. The Balaban J connectivity index is 1.28. The number of hydrogen-bond donors (Lipinski definition) is 1. The van der Waals surface area contributed by atoms with E-state index in [0.29, 0.717) is 24.4 Å².